The highest BCUT2D eigenvalue weighted by Gasteiger charge is 2.08. The molecule has 0 aromatic carbocycles. The number of aliphatic hydroxyl groups excluding tert-OH is 1. The van der Waals surface area contributed by atoms with Crippen molar-refractivity contribution in [2.75, 3.05) is 12.9 Å². The summed E-state index contributed by atoms with van der Waals surface area (Å²) < 4.78 is 0. The van der Waals surface area contributed by atoms with Crippen molar-refractivity contribution in [2.24, 2.45) is 5.73 Å². The van der Waals surface area contributed by atoms with Crippen molar-refractivity contribution >= 4 is 11.8 Å². The normalized spacial score (nSPS) is 18.0. The molecule has 0 amide bonds. The largest absolute Gasteiger partial charge is 0.395 e. The standard InChI is InChI=1S/C5H13NOS/c1-4(6)5(3-7)8-2/h4-5,7H,3,6H2,1-2H3/t4-,5-/m1/s1. The third-order valence-corrected chi connectivity index (χ3v) is 2.25. The molecule has 0 aliphatic carbocycles. The molecule has 0 aliphatic heterocycles. The third-order valence-electron chi connectivity index (χ3n) is 1.07. The van der Waals surface area contributed by atoms with Crippen molar-refractivity contribution in [1.29, 1.82) is 0 Å². The number of rotatable bonds is 3. The molecule has 0 spiro atoms. The zero-order valence-corrected chi connectivity index (χ0v) is 6.11. The molecule has 2 nitrogen and oxygen atoms in total. The molecule has 2 atom stereocenters. The van der Waals surface area contributed by atoms with Gasteiger partial charge >= 0.3 is 0 Å². The predicted molar refractivity (Wildman–Crippen MR) is 38.0 cm³/mol. The zero-order chi connectivity index (χ0) is 6.57. The number of nitrogens with two attached hydrogens (primary N) is 1. The SMILES string of the molecule is CS[C@H](CO)[C@@H](C)N. The fourth-order valence-corrected chi connectivity index (χ4v) is 1.03. The lowest BCUT2D eigenvalue weighted by atomic mass is 10.3. The van der Waals surface area contributed by atoms with Crippen LogP contribution in [0.2, 0.25) is 0 Å². The van der Waals surface area contributed by atoms with Crippen molar-refractivity contribution in [3.63, 3.8) is 0 Å². The van der Waals surface area contributed by atoms with Crippen LogP contribution in [0.3, 0.4) is 0 Å². The minimum absolute atomic E-state index is 0.0926. The van der Waals surface area contributed by atoms with E-state index in [1.165, 1.54) is 0 Å². The number of hydrogen-bond donors (Lipinski definition) is 2. The topological polar surface area (TPSA) is 46.2 Å². The molecule has 0 aliphatic rings. The Hall–Kier alpha value is 0.270. The van der Waals surface area contributed by atoms with Gasteiger partial charge in [0.25, 0.3) is 0 Å². The Kier molecular flexibility index (Phi) is 4.32. The molecule has 50 valence electrons. The van der Waals surface area contributed by atoms with Gasteiger partial charge in [0.1, 0.15) is 0 Å². The zero-order valence-electron chi connectivity index (χ0n) is 5.29. The molecule has 0 fully saturated rings. The Balaban J connectivity index is 3.35. The molecule has 8 heavy (non-hydrogen) atoms. The van der Waals surface area contributed by atoms with E-state index in [2.05, 4.69) is 0 Å². The maximum absolute atomic E-state index is 8.60. The van der Waals surface area contributed by atoms with E-state index in [9.17, 15) is 0 Å². The lowest BCUT2D eigenvalue weighted by Crippen LogP contribution is -2.31. The van der Waals surface area contributed by atoms with E-state index >= 15 is 0 Å². The summed E-state index contributed by atoms with van der Waals surface area (Å²) in [5.74, 6) is 0. The summed E-state index contributed by atoms with van der Waals surface area (Å²) in [5.41, 5.74) is 5.48. The van der Waals surface area contributed by atoms with E-state index in [4.69, 9.17) is 10.8 Å². The average Bonchev–Trinajstić information content (AvgIpc) is 1.69. The van der Waals surface area contributed by atoms with Gasteiger partial charge in [-0.3, -0.25) is 0 Å². The van der Waals surface area contributed by atoms with Crippen LogP contribution in [0.5, 0.6) is 0 Å². The molecular formula is C5H13NOS. The van der Waals surface area contributed by atoms with Gasteiger partial charge < -0.3 is 10.8 Å². The Bertz CT molecular complexity index is 54.4. The van der Waals surface area contributed by atoms with Gasteiger partial charge in [-0.15, -0.1) is 0 Å². The highest BCUT2D eigenvalue weighted by Crippen LogP contribution is 2.07. The monoisotopic (exact) mass is 135 g/mol. The number of thioether (sulfide) groups is 1. The van der Waals surface area contributed by atoms with Gasteiger partial charge in [0.15, 0.2) is 0 Å². The molecule has 0 radical (unpaired) electrons. The molecule has 0 saturated carbocycles. The van der Waals surface area contributed by atoms with Crippen molar-refractivity contribution in [3.8, 4) is 0 Å². The predicted octanol–water partition coefficient (Wildman–Crippen LogP) is 0.0575. The number of hydrogen-bond acceptors (Lipinski definition) is 3. The van der Waals surface area contributed by atoms with Gasteiger partial charge in [0, 0.05) is 11.3 Å². The first kappa shape index (κ1) is 8.27. The minimum atomic E-state index is 0.0926. The fourth-order valence-electron chi connectivity index (χ4n) is 0.455. The molecule has 0 bridgehead atoms. The van der Waals surface area contributed by atoms with Crippen LogP contribution in [-0.2, 0) is 0 Å². The van der Waals surface area contributed by atoms with Crippen LogP contribution in [0.1, 0.15) is 6.92 Å². The molecule has 0 heterocycles. The summed E-state index contributed by atoms with van der Waals surface area (Å²) in [6.07, 6.45) is 1.95. The van der Waals surface area contributed by atoms with E-state index in [1.807, 2.05) is 13.2 Å². The van der Waals surface area contributed by atoms with Gasteiger partial charge in [-0.05, 0) is 13.2 Å². The minimum Gasteiger partial charge on any atom is -0.395 e. The second-order valence-corrected chi connectivity index (χ2v) is 2.89. The summed E-state index contributed by atoms with van der Waals surface area (Å²) in [7, 11) is 0. The van der Waals surface area contributed by atoms with Gasteiger partial charge in [-0.1, -0.05) is 0 Å². The third kappa shape index (κ3) is 2.55. The Morgan fingerprint density at radius 1 is 1.75 bits per heavy atom. The summed E-state index contributed by atoms with van der Waals surface area (Å²) in [6, 6.07) is 0.0926. The van der Waals surface area contributed by atoms with E-state index in [-0.39, 0.29) is 17.9 Å². The summed E-state index contributed by atoms with van der Waals surface area (Å²) >= 11 is 1.60. The Labute approximate surface area is 54.5 Å². The number of aliphatic hydroxyl groups is 1. The van der Waals surface area contributed by atoms with Crippen molar-refractivity contribution in [3.05, 3.63) is 0 Å². The van der Waals surface area contributed by atoms with Gasteiger partial charge in [0.2, 0.25) is 0 Å². The summed E-state index contributed by atoms with van der Waals surface area (Å²) in [6.45, 7) is 2.08. The van der Waals surface area contributed by atoms with Crippen molar-refractivity contribution in [2.45, 2.75) is 18.2 Å². The van der Waals surface area contributed by atoms with Crippen LogP contribution in [0, 0.1) is 0 Å². The molecule has 0 aromatic heterocycles. The second-order valence-electron chi connectivity index (χ2n) is 1.82. The highest BCUT2D eigenvalue weighted by molar-refractivity contribution is 7.99. The quantitative estimate of drug-likeness (QED) is 0.575. The Morgan fingerprint density at radius 3 is 2.25 bits per heavy atom. The fraction of sp³-hybridized carbons (Fsp3) is 1.00. The van der Waals surface area contributed by atoms with E-state index in [0.29, 0.717) is 0 Å². The highest BCUT2D eigenvalue weighted by atomic mass is 32.2. The van der Waals surface area contributed by atoms with Crippen molar-refractivity contribution < 1.29 is 5.11 Å². The molecule has 0 saturated heterocycles. The smallest absolute Gasteiger partial charge is 0.0564 e. The van der Waals surface area contributed by atoms with Crippen LogP contribution in [0.25, 0.3) is 0 Å². The van der Waals surface area contributed by atoms with E-state index < -0.39 is 0 Å². The van der Waals surface area contributed by atoms with E-state index in [1.54, 1.807) is 11.8 Å². The molecule has 0 unspecified atom stereocenters. The lowest BCUT2D eigenvalue weighted by molar-refractivity contribution is 0.285. The van der Waals surface area contributed by atoms with Gasteiger partial charge in [0.05, 0.1) is 6.61 Å². The van der Waals surface area contributed by atoms with Crippen LogP contribution >= 0.6 is 11.8 Å². The first-order chi connectivity index (χ1) is 3.72. The van der Waals surface area contributed by atoms with Gasteiger partial charge in [-0.2, -0.15) is 11.8 Å². The second kappa shape index (κ2) is 4.18. The first-order valence-corrected chi connectivity index (χ1v) is 3.90. The van der Waals surface area contributed by atoms with Crippen LogP contribution in [0.4, 0.5) is 0 Å². The molecule has 3 N–H and O–H groups in total. The van der Waals surface area contributed by atoms with Crippen LogP contribution in [0.15, 0.2) is 0 Å². The summed E-state index contributed by atoms with van der Waals surface area (Å²) in [5, 5.41) is 8.80. The molecular weight excluding hydrogens is 122 g/mol. The maximum atomic E-state index is 8.60. The summed E-state index contributed by atoms with van der Waals surface area (Å²) in [4.78, 5) is 0. The van der Waals surface area contributed by atoms with Crippen LogP contribution < -0.4 is 5.73 Å². The maximum Gasteiger partial charge on any atom is 0.0564 e. The lowest BCUT2D eigenvalue weighted by Gasteiger charge is -2.13. The van der Waals surface area contributed by atoms with Crippen LogP contribution in [-0.4, -0.2) is 29.3 Å². The molecule has 0 rings (SSSR count). The van der Waals surface area contributed by atoms with E-state index in [0.717, 1.165) is 0 Å². The van der Waals surface area contributed by atoms with Gasteiger partial charge in [-0.25, -0.2) is 0 Å². The first-order valence-electron chi connectivity index (χ1n) is 2.61. The Morgan fingerprint density at radius 2 is 2.25 bits per heavy atom. The van der Waals surface area contributed by atoms with Crippen molar-refractivity contribution in [1.82, 2.24) is 0 Å². The average molecular weight is 135 g/mol. The molecule has 0 aromatic rings. The molecule has 3 heteroatoms.